The van der Waals surface area contributed by atoms with Crippen molar-refractivity contribution in [2.45, 2.75) is 20.4 Å². The first-order valence-corrected chi connectivity index (χ1v) is 10.1. The molecule has 0 bridgehead atoms. The number of hydrogen-bond acceptors (Lipinski definition) is 5. The molecule has 26 heavy (non-hydrogen) atoms. The van der Waals surface area contributed by atoms with Gasteiger partial charge in [0.2, 0.25) is 5.95 Å². The predicted molar refractivity (Wildman–Crippen MR) is 104 cm³/mol. The molecule has 0 aliphatic carbocycles. The van der Waals surface area contributed by atoms with Gasteiger partial charge in [-0.2, -0.15) is 4.98 Å². The molecular formula is C18H19ClN4O2S. The van der Waals surface area contributed by atoms with Crippen molar-refractivity contribution in [1.29, 1.82) is 0 Å². The summed E-state index contributed by atoms with van der Waals surface area (Å²) in [5.41, 5.74) is 2.70. The average molecular weight is 391 g/mol. The summed E-state index contributed by atoms with van der Waals surface area (Å²) >= 11 is 6.16. The standard InChI is InChI=1S/C18H19ClN4O2S/c1-3-26(24,25)23-18(20-12-15-6-4-5-7-16(15)19)21-17(22-23)14-10-8-13(2)9-11-14/h4-11H,3,12H2,1-2H3,(H,20,21,22). The summed E-state index contributed by atoms with van der Waals surface area (Å²) in [6, 6.07) is 15.0. The minimum atomic E-state index is -3.59. The number of aromatic nitrogens is 3. The zero-order chi connectivity index (χ0) is 18.7. The van der Waals surface area contributed by atoms with Crippen molar-refractivity contribution in [2.75, 3.05) is 11.1 Å². The Labute approximate surface area is 157 Å². The van der Waals surface area contributed by atoms with Crippen LogP contribution in [0.25, 0.3) is 11.4 Å². The molecule has 136 valence electrons. The molecule has 0 unspecified atom stereocenters. The van der Waals surface area contributed by atoms with Crippen LogP contribution in [0.15, 0.2) is 48.5 Å². The number of nitrogens with one attached hydrogen (secondary N) is 1. The molecule has 0 atom stereocenters. The van der Waals surface area contributed by atoms with E-state index in [0.717, 1.165) is 20.8 Å². The highest BCUT2D eigenvalue weighted by Crippen LogP contribution is 2.21. The quantitative estimate of drug-likeness (QED) is 0.694. The molecule has 0 saturated carbocycles. The second-order valence-electron chi connectivity index (χ2n) is 5.81. The molecule has 1 aromatic heterocycles. The van der Waals surface area contributed by atoms with Gasteiger partial charge in [-0.1, -0.05) is 59.6 Å². The lowest BCUT2D eigenvalue weighted by Gasteiger charge is -2.08. The van der Waals surface area contributed by atoms with Crippen molar-refractivity contribution in [2.24, 2.45) is 0 Å². The summed E-state index contributed by atoms with van der Waals surface area (Å²) in [6.07, 6.45) is 0. The topological polar surface area (TPSA) is 76.9 Å². The van der Waals surface area contributed by atoms with Crippen LogP contribution in [0.1, 0.15) is 18.1 Å². The number of rotatable bonds is 6. The maximum Gasteiger partial charge on any atom is 0.256 e. The smallest absolute Gasteiger partial charge is 0.256 e. The normalized spacial score (nSPS) is 11.5. The fraction of sp³-hybridized carbons (Fsp3) is 0.222. The van der Waals surface area contributed by atoms with Gasteiger partial charge in [0.25, 0.3) is 10.0 Å². The molecule has 0 aliphatic heterocycles. The van der Waals surface area contributed by atoms with Gasteiger partial charge in [0, 0.05) is 17.1 Å². The van der Waals surface area contributed by atoms with E-state index < -0.39 is 10.0 Å². The van der Waals surface area contributed by atoms with Gasteiger partial charge >= 0.3 is 0 Å². The summed E-state index contributed by atoms with van der Waals surface area (Å²) in [5, 5.41) is 7.85. The van der Waals surface area contributed by atoms with Gasteiger partial charge in [-0.3, -0.25) is 0 Å². The van der Waals surface area contributed by atoms with E-state index in [1.165, 1.54) is 0 Å². The molecule has 0 fully saturated rings. The van der Waals surface area contributed by atoms with Crippen molar-refractivity contribution in [3.63, 3.8) is 0 Å². The first kappa shape index (κ1) is 18.4. The summed E-state index contributed by atoms with van der Waals surface area (Å²) < 4.78 is 25.7. The van der Waals surface area contributed by atoms with E-state index in [1.54, 1.807) is 13.0 Å². The molecular weight excluding hydrogens is 372 g/mol. The van der Waals surface area contributed by atoms with Crippen LogP contribution in [0.2, 0.25) is 5.02 Å². The molecule has 0 radical (unpaired) electrons. The fourth-order valence-electron chi connectivity index (χ4n) is 2.36. The highest BCUT2D eigenvalue weighted by atomic mass is 35.5. The third kappa shape index (κ3) is 3.89. The van der Waals surface area contributed by atoms with Gasteiger partial charge in [0.15, 0.2) is 5.82 Å². The molecule has 0 aliphatic rings. The van der Waals surface area contributed by atoms with Crippen LogP contribution in [0, 0.1) is 6.92 Å². The van der Waals surface area contributed by atoms with Crippen LogP contribution >= 0.6 is 11.6 Å². The monoisotopic (exact) mass is 390 g/mol. The Morgan fingerprint density at radius 1 is 1.12 bits per heavy atom. The van der Waals surface area contributed by atoms with Crippen LogP contribution in [-0.4, -0.2) is 28.3 Å². The van der Waals surface area contributed by atoms with E-state index in [1.807, 2.05) is 49.4 Å². The van der Waals surface area contributed by atoms with Crippen molar-refractivity contribution >= 4 is 27.6 Å². The van der Waals surface area contributed by atoms with Crippen LogP contribution in [0.5, 0.6) is 0 Å². The SMILES string of the molecule is CCS(=O)(=O)n1nc(-c2ccc(C)cc2)nc1NCc1ccccc1Cl. The maximum atomic E-state index is 12.4. The van der Waals surface area contributed by atoms with E-state index in [-0.39, 0.29) is 11.7 Å². The summed E-state index contributed by atoms with van der Waals surface area (Å²) in [4.78, 5) is 4.39. The number of aryl methyl sites for hydroxylation is 1. The fourth-order valence-corrected chi connectivity index (χ4v) is 3.38. The minimum absolute atomic E-state index is 0.0789. The molecule has 0 spiro atoms. The van der Waals surface area contributed by atoms with Gasteiger partial charge < -0.3 is 5.32 Å². The summed E-state index contributed by atoms with van der Waals surface area (Å²) in [6.45, 7) is 3.89. The third-order valence-electron chi connectivity index (χ3n) is 3.91. The molecule has 1 heterocycles. The number of hydrogen-bond donors (Lipinski definition) is 1. The molecule has 0 saturated heterocycles. The van der Waals surface area contributed by atoms with E-state index >= 15 is 0 Å². The molecule has 3 rings (SSSR count). The number of halogens is 1. The zero-order valence-corrected chi connectivity index (χ0v) is 16.0. The molecule has 1 N–H and O–H groups in total. The first-order valence-electron chi connectivity index (χ1n) is 8.15. The second kappa shape index (κ2) is 7.47. The van der Waals surface area contributed by atoms with Crippen molar-refractivity contribution in [3.05, 3.63) is 64.7 Å². The predicted octanol–water partition coefficient (Wildman–Crippen LogP) is 3.72. The lowest BCUT2D eigenvalue weighted by molar-refractivity contribution is 0.582. The summed E-state index contributed by atoms with van der Waals surface area (Å²) in [7, 11) is -3.59. The molecule has 8 heteroatoms. The first-order chi connectivity index (χ1) is 12.4. The van der Waals surface area contributed by atoms with Crippen molar-refractivity contribution in [1.82, 2.24) is 14.2 Å². The molecule has 0 amide bonds. The van der Waals surface area contributed by atoms with Crippen LogP contribution in [0.3, 0.4) is 0 Å². The van der Waals surface area contributed by atoms with Gasteiger partial charge in [-0.05, 0) is 25.5 Å². The lowest BCUT2D eigenvalue weighted by Crippen LogP contribution is -2.19. The maximum absolute atomic E-state index is 12.4. The Morgan fingerprint density at radius 3 is 2.46 bits per heavy atom. The van der Waals surface area contributed by atoms with E-state index in [9.17, 15) is 8.42 Å². The average Bonchev–Trinajstić information content (AvgIpc) is 3.07. The lowest BCUT2D eigenvalue weighted by atomic mass is 10.1. The Morgan fingerprint density at radius 2 is 1.81 bits per heavy atom. The minimum Gasteiger partial charge on any atom is -0.349 e. The number of anilines is 1. The Balaban J connectivity index is 1.97. The highest BCUT2D eigenvalue weighted by Gasteiger charge is 2.21. The Hall–Kier alpha value is -2.38. The Kier molecular flexibility index (Phi) is 5.29. The van der Waals surface area contributed by atoms with Crippen LogP contribution in [-0.2, 0) is 16.6 Å². The van der Waals surface area contributed by atoms with Gasteiger partial charge in [-0.15, -0.1) is 9.19 Å². The molecule has 6 nitrogen and oxygen atoms in total. The third-order valence-corrected chi connectivity index (χ3v) is 5.79. The van der Waals surface area contributed by atoms with E-state index in [2.05, 4.69) is 15.4 Å². The zero-order valence-electron chi connectivity index (χ0n) is 14.5. The van der Waals surface area contributed by atoms with Gasteiger partial charge in [-0.25, -0.2) is 8.42 Å². The number of nitrogens with zero attached hydrogens (tertiary/aromatic N) is 3. The van der Waals surface area contributed by atoms with E-state index in [0.29, 0.717) is 17.4 Å². The second-order valence-corrected chi connectivity index (χ2v) is 8.31. The van der Waals surface area contributed by atoms with Crippen molar-refractivity contribution < 1.29 is 8.42 Å². The molecule has 3 aromatic rings. The van der Waals surface area contributed by atoms with Gasteiger partial charge in [0.05, 0.1) is 5.75 Å². The van der Waals surface area contributed by atoms with Crippen molar-refractivity contribution in [3.8, 4) is 11.4 Å². The number of benzene rings is 2. The molecule has 2 aromatic carbocycles. The summed E-state index contributed by atoms with van der Waals surface area (Å²) in [5.74, 6) is 0.441. The Bertz CT molecular complexity index is 1010. The highest BCUT2D eigenvalue weighted by molar-refractivity contribution is 7.89. The van der Waals surface area contributed by atoms with Crippen LogP contribution in [0.4, 0.5) is 5.95 Å². The largest absolute Gasteiger partial charge is 0.349 e. The van der Waals surface area contributed by atoms with Gasteiger partial charge in [0.1, 0.15) is 0 Å². The van der Waals surface area contributed by atoms with Crippen LogP contribution < -0.4 is 5.32 Å². The van der Waals surface area contributed by atoms with E-state index in [4.69, 9.17) is 11.6 Å².